The van der Waals surface area contributed by atoms with Gasteiger partial charge in [0.2, 0.25) is 11.4 Å². The maximum atomic E-state index is 6.32. The first-order valence-electron chi connectivity index (χ1n) is 9.06. The minimum atomic E-state index is -0.00465. The summed E-state index contributed by atoms with van der Waals surface area (Å²) in [6.07, 6.45) is 2.15. The molecule has 0 unspecified atom stereocenters. The predicted molar refractivity (Wildman–Crippen MR) is 106 cm³/mol. The molecule has 1 aromatic carbocycles. The molecule has 0 spiro atoms. The Labute approximate surface area is 154 Å². The second-order valence-electron chi connectivity index (χ2n) is 8.24. The monoisotopic (exact) mass is 345 g/mol. The van der Waals surface area contributed by atoms with Gasteiger partial charge in [-0.25, -0.2) is 9.55 Å². The Morgan fingerprint density at radius 3 is 2.35 bits per heavy atom. The lowest BCUT2D eigenvalue weighted by Gasteiger charge is -2.16. The van der Waals surface area contributed by atoms with Crippen molar-refractivity contribution in [2.24, 2.45) is 7.05 Å². The van der Waals surface area contributed by atoms with Crippen LogP contribution in [0.2, 0.25) is 0 Å². The SMILES string of the molecule is Cc1ccc(-c2c(C)ccc3c2oc2nc(C(C)(C)C)ccc23)[n+](C)c1. The fraction of sp³-hybridized carbons (Fsp3) is 0.304. The van der Waals surface area contributed by atoms with Crippen molar-refractivity contribution in [3.05, 3.63) is 59.4 Å². The zero-order valence-corrected chi connectivity index (χ0v) is 16.3. The van der Waals surface area contributed by atoms with Gasteiger partial charge in [0.05, 0.1) is 5.56 Å². The zero-order chi connectivity index (χ0) is 18.6. The Bertz CT molecular complexity index is 1150. The molecule has 0 aliphatic carbocycles. The Morgan fingerprint density at radius 2 is 1.65 bits per heavy atom. The van der Waals surface area contributed by atoms with Gasteiger partial charge in [0, 0.05) is 33.5 Å². The van der Waals surface area contributed by atoms with Gasteiger partial charge in [0.15, 0.2) is 11.8 Å². The molecule has 0 atom stereocenters. The van der Waals surface area contributed by atoms with Crippen molar-refractivity contribution in [2.75, 3.05) is 0 Å². The maximum absolute atomic E-state index is 6.32. The van der Waals surface area contributed by atoms with Crippen LogP contribution in [-0.2, 0) is 12.5 Å². The van der Waals surface area contributed by atoms with E-state index < -0.39 is 0 Å². The molecule has 4 aromatic rings. The molecule has 3 heteroatoms. The number of rotatable bonds is 1. The molecule has 0 fully saturated rings. The van der Waals surface area contributed by atoms with Gasteiger partial charge in [0.1, 0.15) is 7.05 Å². The first-order chi connectivity index (χ1) is 12.3. The summed E-state index contributed by atoms with van der Waals surface area (Å²) in [7, 11) is 2.08. The average Bonchev–Trinajstić information content (AvgIpc) is 2.92. The first-order valence-corrected chi connectivity index (χ1v) is 9.06. The number of hydrogen-bond acceptors (Lipinski definition) is 2. The van der Waals surface area contributed by atoms with Crippen molar-refractivity contribution < 1.29 is 8.98 Å². The van der Waals surface area contributed by atoms with Crippen molar-refractivity contribution in [2.45, 2.75) is 40.0 Å². The van der Waals surface area contributed by atoms with Gasteiger partial charge in [-0.3, -0.25) is 0 Å². The minimum absolute atomic E-state index is 0.00465. The number of fused-ring (bicyclic) bond motifs is 3. The normalized spacial score (nSPS) is 12.2. The van der Waals surface area contributed by atoms with E-state index >= 15 is 0 Å². The van der Waals surface area contributed by atoms with Crippen molar-refractivity contribution in [1.82, 2.24) is 4.98 Å². The summed E-state index contributed by atoms with van der Waals surface area (Å²) in [4.78, 5) is 4.81. The van der Waals surface area contributed by atoms with Crippen LogP contribution < -0.4 is 4.57 Å². The second kappa shape index (κ2) is 5.66. The van der Waals surface area contributed by atoms with Crippen LogP contribution in [0.1, 0.15) is 37.6 Å². The molecule has 3 heterocycles. The summed E-state index contributed by atoms with van der Waals surface area (Å²) in [6.45, 7) is 10.8. The quantitative estimate of drug-likeness (QED) is 0.433. The molecule has 26 heavy (non-hydrogen) atoms. The van der Waals surface area contributed by atoms with E-state index in [1.807, 2.05) is 0 Å². The van der Waals surface area contributed by atoms with Crippen molar-refractivity contribution in [1.29, 1.82) is 0 Å². The van der Waals surface area contributed by atoms with E-state index in [9.17, 15) is 0 Å². The summed E-state index contributed by atoms with van der Waals surface area (Å²) in [5.74, 6) is 0. The fourth-order valence-corrected chi connectivity index (χ4v) is 3.56. The number of benzene rings is 1. The van der Waals surface area contributed by atoms with Crippen LogP contribution in [0, 0.1) is 13.8 Å². The van der Waals surface area contributed by atoms with E-state index in [1.54, 1.807) is 0 Å². The number of nitrogens with zero attached hydrogens (tertiary/aromatic N) is 2. The third-order valence-corrected chi connectivity index (χ3v) is 5.02. The van der Waals surface area contributed by atoms with E-state index in [4.69, 9.17) is 9.40 Å². The van der Waals surface area contributed by atoms with E-state index in [0.717, 1.165) is 33.3 Å². The van der Waals surface area contributed by atoms with Crippen LogP contribution in [0.4, 0.5) is 0 Å². The number of aryl methyl sites for hydroxylation is 3. The third-order valence-electron chi connectivity index (χ3n) is 5.02. The largest absolute Gasteiger partial charge is 0.437 e. The smallest absolute Gasteiger partial charge is 0.227 e. The van der Waals surface area contributed by atoms with Gasteiger partial charge in [-0.15, -0.1) is 0 Å². The molecule has 132 valence electrons. The summed E-state index contributed by atoms with van der Waals surface area (Å²) in [5.41, 5.74) is 7.40. The van der Waals surface area contributed by atoms with Gasteiger partial charge in [-0.1, -0.05) is 32.9 Å². The molecule has 0 saturated heterocycles. The van der Waals surface area contributed by atoms with E-state index in [2.05, 4.69) is 88.8 Å². The highest BCUT2D eigenvalue weighted by Gasteiger charge is 2.22. The molecule has 0 radical (unpaired) electrons. The van der Waals surface area contributed by atoms with Gasteiger partial charge in [0.25, 0.3) is 0 Å². The predicted octanol–water partition coefficient (Wildman–Crippen LogP) is 5.39. The highest BCUT2D eigenvalue weighted by atomic mass is 16.3. The Balaban J connectivity index is 2.06. The third kappa shape index (κ3) is 2.59. The van der Waals surface area contributed by atoms with Crippen LogP contribution >= 0.6 is 0 Å². The van der Waals surface area contributed by atoms with Crippen LogP contribution in [-0.4, -0.2) is 4.98 Å². The van der Waals surface area contributed by atoms with Crippen LogP contribution in [0.5, 0.6) is 0 Å². The molecule has 0 amide bonds. The summed E-state index contributed by atoms with van der Waals surface area (Å²) in [6, 6.07) is 12.9. The van der Waals surface area contributed by atoms with Crippen molar-refractivity contribution in [3.8, 4) is 11.3 Å². The van der Waals surface area contributed by atoms with Gasteiger partial charge in [-0.2, -0.15) is 0 Å². The first kappa shape index (κ1) is 16.8. The van der Waals surface area contributed by atoms with Crippen LogP contribution in [0.15, 0.2) is 47.0 Å². The lowest BCUT2D eigenvalue weighted by molar-refractivity contribution is -0.660. The lowest BCUT2D eigenvalue weighted by atomic mass is 9.91. The molecule has 4 rings (SSSR count). The molecular formula is C23H25N2O+. The van der Waals surface area contributed by atoms with Crippen LogP contribution in [0.25, 0.3) is 33.3 Å². The second-order valence-corrected chi connectivity index (χ2v) is 8.24. The maximum Gasteiger partial charge on any atom is 0.227 e. The van der Waals surface area contributed by atoms with Crippen LogP contribution in [0.3, 0.4) is 0 Å². The lowest BCUT2D eigenvalue weighted by Crippen LogP contribution is -2.31. The Hall–Kier alpha value is -2.68. The van der Waals surface area contributed by atoms with E-state index in [0.29, 0.717) is 5.71 Å². The number of pyridine rings is 2. The molecule has 0 aliphatic heterocycles. The average molecular weight is 345 g/mol. The highest BCUT2D eigenvalue weighted by Crippen LogP contribution is 2.37. The Morgan fingerprint density at radius 1 is 0.923 bits per heavy atom. The van der Waals surface area contributed by atoms with Gasteiger partial charge >= 0.3 is 0 Å². The fourth-order valence-electron chi connectivity index (χ4n) is 3.56. The molecule has 0 bridgehead atoms. The van der Waals surface area contributed by atoms with Crippen molar-refractivity contribution in [3.63, 3.8) is 0 Å². The highest BCUT2D eigenvalue weighted by molar-refractivity contribution is 6.08. The molecule has 0 aliphatic rings. The molecule has 0 saturated carbocycles. The Kier molecular flexibility index (Phi) is 3.65. The summed E-state index contributed by atoms with van der Waals surface area (Å²) >= 11 is 0. The van der Waals surface area contributed by atoms with E-state index in [-0.39, 0.29) is 5.41 Å². The molecule has 3 nitrogen and oxygen atoms in total. The minimum Gasteiger partial charge on any atom is -0.437 e. The standard InChI is InChI=1S/C23H25N2O/c1-14-7-11-18(25(6)13-14)20-15(2)8-9-16-17-10-12-19(23(3,4)5)24-22(17)26-21(16)20/h7-13H,1-6H3/q+1. The molecule has 0 N–H and O–H groups in total. The van der Waals surface area contributed by atoms with Crippen molar-refractivity contribution >= 4 is 22.1 Å². The molecule has 3 aromatic heterocycles. The van der Waals surface area contributed by atoms with Gasteiger partial charge < -0.3 is 4.42 Å². The van der Waals surface area contributed by atoms with E-state index in [1.165, 1.54) is 11.1 Å². The number of hydrogen-bond donors (Lipinski definition) is 0. The van der Waals surface area contributed by atoms with Gasteiger partial charge in [-0.05, 0) is 37.6 Å². The number of furan rings is 1. The summed E-state index contributed by atoms with van der Waals surface area (Å²) in [5, 5.41) is 2.19. The number of aromatic nitrogens is 2. The topological polar surface area (TPSA) is 29.9 Å². The molecular weight excluding hydrogens is 320 g/mol. The summed E-state index contributed by atoms with van der Waals surface area (Å²) < 4.78 is 8.48. The zero-order valence-electron chi connectivity index (χ0n) is 16.3.